The van der Waals surface area contributed by atoms with Crippen LogP contribution in [-0.4, -0.2) is 43.7 Å². The van der Waals surface area contributed by atoms with Crippen LogP contribution in [0.15, 0.2) is 0 Å². The van der Waals surface area contributed by atoms with Crippen molar-refractivity contribution in [2.75, 3.05) is 26.7 Å². The highest BCUT2D eigenvalue weighted by Gasteiger charge is 2.25. The SMILES string of the molecule is CNCC(C)N1CC(C)CNC1=O. The number of likely N-dealkylation sites (N-methyl/N-ethyl adjacent to an activating group) is 1. The number of hydrogen-bond acceptors (Lipinski definition) is 2. The Labute approximate surface area is 79.7 Å². The van der Waals surface area contributed by atoms with Gasteiger partial charge in [0.1, 0.15) is 0 Å². The van der Waals surface area contributed by atoms with E-state index in [1.54, 1.807) is 0 Å². The Balaban J connectivity index is 2.49. The average molecular weight is 185 g/mol. The summed E-state index contributed by atoms with van der Waals surface area (Å²) in [6.07, 6.45) is 0. The first-order valence-electron chi connectivity index (χ1n) is 4.84. The topological polar surface area (TPSA) is 44.4 Å². The summed E-state index contributed by atoms with van der Waals surface area (Å²) in [6, 6.07) is 0.341. The Kier molecular flexibility index (Phi) is 3.54. The maximum atomic E-state index is 11.4. The zero-order chi connectivity index (χ0) is 9.84. The number of rotatable bonds is 3. The zero-order valence-corrected chi connectivity index (χ0v) is 8.63. The molecule has 1 aliphatic heterocycles. The lowest BCUT2D eigenvalue weighted by molar-refractivity contribution is 0.148. The van der Waals surface area contributed by atoms with Crippen LogP contribution in [0.1, 0.15) is 13.8 Å². The van der Waals surface area contributed by atoms with Gasteiger partial charge in [0.25, 0.3) is 0 Å². The van der Waals surface area contributed by atoms with Crippen LogP contribution in [0.3, 0.4) is 0 Å². The van der Waals surface area contributed by atoms with Crippen LogP contribution < -0.4 is 10.6 Å². The van der Waals surface area contributed by atoms with Gasteiger partial charge in [0.15, 0.2) is 0 Å². The molecule has 0 aromatic heterocycles. The zero-order valence-electron chi connectivity index (χ0n) is 8.63. The highest BCUT2D eigenvalue weighted by Crippen LogP contribution is 2.09. The lowest BCUT2D eigenvalue weighted by Crippen LogP contribution is -2.55. The number of carbonyl (C=O) groups excluding carboxylic acids is 1. The average Bonchev–Trinajstić information content (AvgIpc) is 2.09. The normalized spacial score (nSPS) is 25.6. The van der Waals surface area contributed by atoms with Crippen molar-refractivity contribution in [3.8, 4) is 0 Å². The van der Waals surface area contributed by atoms with Gasteiger partial charge in [-0.2, -0.15) is 0 Å². The molecule has 0 radical (unpaired) electrons. The number of nitrogens with zero attached hydrogens (tertiary/aromatic N) is 1. The molecule has 2 N–H and O–H groups in total. The van der Waals surface area contributed by atoms with E-state index in [1.807, 2.05) is 11.9 Å². The highest BCUT2D eigenvalue weighted by molar-refractivity contribution is 5.75. The quantitative estimate of drug-likeness (QED) is 0.662. The van der Waals surface area contributed by atoms with Crippen LogP contribution in [0.25, 0.3) is 0 Å². The van der Waals surface area contributed by atoms with Gasteiger partial charge in [-0.25, -0.2) is 4.79 Å². The Morgan fingerprint density at radius 1 is 1.77 bits per heavy atom. The fourth-order valence-corrected chi connectivity index (χ4v) is 1.63. The molecule has 1 aliphatic rings. The van der Waals surface area contributed by atoms with E-state index in [9.17, 15) is 4.79 Å². The van der Waals surface area contributed by atoms with Gasteiger partial charge < -0.3 is 15.5 Å². The van der Waals surface area contributed by atoms with Crippen LogP contribution in [0.4, 0.5) is 4.79 Å². The molecule has 1 heterocycles. The van der Waals surface area contributed by atoms with Crippen molar-refractivity contribution in [3.05, 3.63) is 0 Å². The smallest absolute Gasteiger partial charge is 0.317 e. The summed E-state index contributed by atoms with van der Waals surface area (Å²) in [5.41, 5.74) is 0. The van der Waals surface area contributed by atoms with Crippen molar-refractivity contribution in [1.82, 2.24) is 15.5 Å². The van der Waals surface area contributed by atoms with Gasteiger partial charge in [-0.05, 0) is 19.9 Å². The van der Waals surface area contributed by atoms with E-state index in [0.717, 1.165) is 19.6 Å². The van der Waals surface area contributed by atoms with Crippen LogP contribution in [0, 0.1) is 5.92 Å². The first-order chi connectivity index (χ1) is 6.15. The molecule has 0 aliphatic carbocycles. The summed E-state index contributed by atoms with van der Waals surface area (Å²) < 4.78 is 0. The maximum absolute atomic E-state index is 11.4. The predicted octanol–water partition coefficient (Wildman–Crippen LogP) is 0.256. The van der Waals surface area contributed by atoms with E-state index in [4.69, 9.17) is 0 Å². The maximum Gasteiger partial charge on any atom is 0.317 e. The van der Waals surface area contributed by atoms with Gasteiger partial charge in [0.05, 0.1) is 0 Å². The first kappa shape index (κ1) is 10.3. The molecule has 4 nitrogen and oxygen atoms in total. The molecule has 4 heteroatoms. The third-order valence-corrected chi connectivity index (χ3v) is 2.40. The van der Waals surface area contributed by atoms with Crippen molar-refractivity contribution in [1.29, 1.82) is 0 Å². The highest BCUT2D eigenvalue weighted by atomic mass is 16.2. The van der Waals surface area contributed by atoms with Crippen molar-refractivity contribution in [2.24, 2.45) is 5.92 Å². The molecule has 0 aromatic rings. The Bertz CT molecular complexity index is 184. The largest absolute Gasteiger partial charge is 0.338 e. The number of amides is 2. The second kappa shape index (κ2) is 4.46. The van der Waals surface area contributed by atoms with Crippen LogP contribution in [0.5, 0.6) is 0 Å². The van der Waals surface area contributed by atoms with Gasteiger partial charge in [0, 0.05) is 25.7 Å². The second-order valence-electron chi connectivity index (χ2n) is 3.85. The van der Waals surface area contributed by atoms with E-state index in [1.165, 1.54) is 0 Å². The van der Waals surface area contributed by atoms with Gasteiger partial charge >= 0.3 is 6.03 Å². The van der Waals surface area contributed by atoms with E-state index in [2.05, 4.69) is 24.5 Å². The third kappa shape index (κ3) is 2.59. The number of carbonyl (C=O) groups is 1. The Hall–Kier alpha value is -0.770. The van der Waals surface area contributed by atoms with Crippen LogP contribution in [0.2, 0.25) is 0 Å². The molecule has 2 atom stereocenters. The molecule has 0 bridgehead atoms. The van der Waals surface area contributed by atoms with Crippen molar-refractivity contribution in [2.45, 2.75) is 19.9 Å². The van der Waals surface area contributed by atoms with E-state index in [0.29, 0.717) is 5.92 Å². The van der Waals surface area contributed by atoms with E-state index in [-0.39, 0.29) is 12.1 Å². The molecule has 0 spiro atoms. The fourth-order valence-electron chi connectivity index (χ4n) is 1.63. The molecule has 0 aromatic carbocycles. The van der Waals surface area contributed by atoms with Crippen molar-refractivity contribution < 1.29 is 4.79 Å². The summed E-state index contributed by atoms with van der Waals surface area (Å²) in [5.74, 6) is 0.553. The molecule has 76 valence electrons. The number of nitrogens with one attached hydrogen (secondary N) is 2. The Morgan fingerprint density at radius 2 is 2.46 bits per heavy atom. The number of hydrogen-bond donors (Lipinski definition) is 2. The molecule has 2 unspecified atom stereocenters. The molecule has 0 saturated carbocycles. The van der Waals surface area contributed by atoms with Crippen molar-refractivity contribution in [3.63, 3.8) is 0 Å². The van der Waals surface area contributed by atoms with Crippen LogP contribution >= 0.6 is 0 Å². The van der Waals surface area contributed by atoms with Gasteiger partial charge in [0.2, 0.25) is 0 Å². The predicted molar refractivity (Wildman–Crippen MR) is 52.7 cm³/mol. The Morgan fingerprint density at radius 3 is 3.08 bits per heavy atom. The van der Waals surface area contributed by atoms with Crippen LogP contribution in [-0.2, 0) is 0 Å². The van der Waals surface area contributed by atoms with E-state index >= 15 is 0 Å². The molecular formula is C9H19N3O. The summed E-state index contributed by atoms with van der Waals surface area (Å²) in [5, 5.41) is 5.96. The second-order valence-corrected chi connectivity index (χ2v) is 3.85. The molecule has 1 rings (SSSR count). The van der Waals surface area contributed by atoms with E-state index < -0.39 is 0 Å². The summed E-state index contributed by atoms with van der Waals surface area (Å²) in [6.45, 7) is 6.74. The molecule has 2 amide bonds. The summed E-state index contributed by atoms with van der Waals surface area (Å²) in [7, 11) is 1.90. The first-order valence-corrected chi connectivity index (χ1v) is 4.84. The minimum atomic E-state index is 0.0702. The third-order valence-electron chi connectivity index (χ3n) is 2.40. The fraction of sp³-hybridized carbons (Fsp3) is 0.889. The standard InChI is InChI=1S/C9H19N3O/c1-7-4-11-9(13)12(6-7)8(2)5-10-3/h7-8,10H,4-6H2,1-3H3,(H,11,13). The molecule has 1 saturated heterocycles. The lowest BCUT2D eigenvalue weighted by Gasteiger charge is -2.35. The van der Waals surface area contributed by atoms with Crippen molar-refractivity contribution >= 4 is 6.03 Å². The van der Waals surface area contributed by atoms with Gasteiger partial charge in [-0.1, -0.05) is 6.92 Å². The number of urea groups is 1. The summed E-state index contributed by atoms with van der Waals surface area (Å²) in [4.78, 5) is 13.3. The van der Waals surface area contributed by atoms with Gasteiger partial charge in [-0.15, -0.1) is 0 Å². The summed E-state index contributed by atoms with van der Waals surface area (Å²) >= 11 is 0. The monoisotopic (exact) mass is 185 g/mol. The van der Waals surface area contributed by atoms with Gasteiger partial charge in [-0.3, -0.25) is 0 Å². The molecule has 13 heavy (non-hydrogen) atoms. The molecule has 1 fully saturated rings. The minimum Gasteiger partial charge on any atom is -0.338 e. The lowest BCUT2D eigenvalue weighted by atomic mass is 10.1. The molecular weight excluding hydrogens is 166 g/mol. The minimum absolute atomic E-state index is 0.0702.